The van der Waals surface area contributed by atoms with Crippen molar-refractivity contribution in [1.82, 2.24) is 53.2 Å². The monoisotopic (exact) mass is 1270 g/mol. The summed E-state index contributed by atoms with van der Waals surface area (Å²) in [6.07, 6.45) is -3.82. The van der Waals surface area contributed by atoms with Crippen LogP contribution in [0.1, 0.15) is 84.6 Å². The first-order valence-electron chi connectivity index (χ1n) is 27.2. The lowest BCUT2D eigenvalue weighted by Gasteiger charge is -2.28. The number of nitrogens with two attached hydrogens (primary N) is 5. The van der Waals surface area contributed by atoms with E-state index in [1.807, 2.05) is 5.32 Å². The molecule has 88 heavy (non-hydrogen) atoms. The number of hydrogen-bond acceptors (Lipinski definition) is 19. The molecule has 0 spiro atoms. The summed E-state index contributed by atoms with van der Waals surface area (Å²) in [5, 5.41) is 70.4. The number of nitrogens with one attached hydrogen (secondary N) is 10. The number of rotatable bonds is 41. The molecule has 0 aliphatic carbocycles. The Kier molecular flexibility index (Phi) is 34.2. The molecule has 0 aliphatic heterocycles. The number of carbonyl (C=O) groups excluding carboxylic acids is 10. The zero-order valence-electron chi connectivity index (χ0n) is 48.7. The van der Waals surface area contributed by atoms with Crippen molar-refractivity contribution >= 4 is 107 Å². The second-order valence-electron chi connectivity index (χ2n) is 20.3. The summed E-state index contributed by atoms with van der Waals surface area (Å²) in [6, 6.07) is -9.99. The van der Waals surface area contributed by atoms with Gasteiger partial charge in [0.25, 0.3) is 0 Å². The third kappa shape index (κ3) is 30.1. The summed E-state index contributed by atoms with van der Waals surface area (Å²) in [4.78, 5) is 190. The molecule has 1 aromatic carbocycles. The average molecular weight is 1270 g/mol. The predicted octanol–water partition coefficient (Wildman–Crippen LogP) is -7.97. The molecule has 0 heterocycles. The lowest BCUT2D eigenvalue weighted by atomic mass is 10.00. The maximum atomic E-state index is 14.4. The van der Waals surface area contributed by atoms with Crippen molar-refractivity contribution in [2.24, 2.45) is 44.6 Å². The SMILES string of the molecule is CC(C)C[C@H](NC(=O)[C@H](CCCN=C(N)N)NC(=O)[C@H](CS)NC(=O)[C@H](CO)NC(=O)[C@H](C)NC(=O)[C@@H](N)CC(=O)O)C(=O)N[C@@H](Cc1ccccc1)C(=O)N[C@@H](CC(=O)O)C(=O)N[C@@H](CCCN=C(N)N)C(=O)N[C@@H](C)C(=O)N[C@@H](CC(=O)O)C(=O)O. The van der Waals surface area contributed by atoms with E-state index in [9.17, 15) is 82.4 Å². The smallest absolute Gasteiger partial charge is 0.326 e. The second-order valence-corrected chi connectivity index (χ2v) is 20.6. The predicted molar refractivity (Wildman–Crippen MR) is 313 cm³/mol. The third-order valence-corrected chi connectivity index (χ3v) is 12.6. The molecule has 1 rings (SSSR count). The number of aliphatic hydroxyl groups excluding tert-OH is 1. The minimum Gasteiger partial charge on any atom is -0.481 e. The molecule has 0 saturated heterocycles. The Bertz CT molecular complexity index is 2680. The van der Waals surface area contributed by atoms with Gasteiger partial charge in [0, 0.05) is 25.3 Å². The first-order valence-corrected chi connectivity index (χ1v) is 27.9. The van der Waals surface area contributed by atoms with E-state index in [0.717, 1.165) is 6.92 Å². The number of benzene rings is 1. The first-order chi connectivity index (χ1) is 41.2. The van der Waals surface area contributed by atoms with Gasteiger partial charge in [0.2, 0.25) is 59.1 Å². The van der Waals surface area contributed by atoms with Crippen molar-refractivity contribution in [2.45, 2.75) is 152 Å². The van der Waals surface area contributed by atoms with Gasteiger partial charge in [-0.25, -0.2) is 4.79 Å². The topological polar surface area (TPSA) is 615 Å². The number of carboxylic acid groups (broad SMARTS) is 4. The highest BCUT2D eigenvalue weighted by Crippen LogP contribution is 2.12. The fourth-order valence-corrected chi connectivity index (χ4v) is 7.98. The maximum absolute atomic E-state index is 14.4. The van der Waals surface area contributed by atoms with Crippen LogP contribution in [-0.2, 0) is 73.5 Å². The number of amides is 10. The number of nitrogens with zero attached hydrogens (tertiary/aromatic N) is 2. The number of guanidine groups is 2. The van der Waals surface area contributed by atoms with E-state index in [2.05, 4.69) is 70.5 Å². The van der Waals surface area contributed by atoms with Crippen molar-refractivity contribution in [2.75, 3.05) is 25.4 Å². The molecule has 36 nitrogen and oxygen atoms in total. The van der Waals surface area contributed by atoms with Gasteiger partial charge in [-0.05, 0) is 57.4 Å². The maximum Gasteiger partial charge on any atom is 0.326 e. The van der Waals surface area contributed by atoms with E-state index in [4.69, 9.17) is 38.9 Å². The summed E-state index contributed by atoms with van der Waals surface area (Å²) in [7, 11) is 0. The molecule has 25 N–H and O–H groups in total. The van der Waals surface area contributed by atoms with Gasteiger partial charge in [0.05, 0.1) is 31.9 Å². The fourth-order valence-electron chi connectivity index (χ4n) is 7.73. The molecule has 0 aromatic heterocycles. The largest absolute Gasteiger partial charge is 0.481 e. The lowest BCUT2D eigenvalue weighted by molar-refractivity contribution is -0.147. The Balaban J connectivity index is 3.60. The van der Waals surface area contributed by atoms with Crippen molar-refractivity contribution in [1.29, 1.82) is 0 Å². The summed E-state index contributed by atoms with van der Waals surface area (Å²) in [6.45, 7) is 4.45. The highest BCUT2D eigenvalue weighted by atomic mass is 32.1. The highest BCUT2D eigenvalue weighted by molar-refractivity contribution is 7.80. The van der Waals surface area contributed by atoms with E-state index in [1.165, 1.54) is 6.92 Å². The summed E-state index contributed by atoms with van der Waals surface area (Å²) < 4.78 is 0. The molecule has 37 heteroatoms. The number of aliphatic imine (C=N–C) groups is 2. The van der Waals surface area contributed by atoms with Crippen LogP contribution in [0.4, 0.5) is 0 Å². The molecule has 0 bridgehead atoms. The lowest BCUT2D eigenvalue weighted by Crippen LogP contribution is -2.61. The molecule has 490 valence electrons. The number of carbonyl (C=O) groups is 14. The standard InChI is InChI=1S/C51H81N17O19S/c1-23(2)16-30(63-43(80)29(13-9-15-58-51(55)56)62-48(85)35(22-88)68-47(84)34(21-69)67-40(77)24(3)59-41(78)27(52)18-36(70)71)44(81)64-31(17-26-10-6-5-7-11-26)45(82)65-32(19-37(72)73)46(83)61-28(12-8-14-57-50(53)54)42(79)60-25(4)39(76)66-33(49(86)87)20-38(74)75/h5-7,10-11,23-25,27-35,69,88H,8-9,12-22,52H2,1-4H3,(H,59,78)(H,60,79)(H,61,83)(H,62,85)(H,63,80)(H,64,81)(H,65,82)(H,66,76)(H,67,77)(H,68,84)(H,70,71)(H,72,73)(H,74,75)(H,86,87)(H4,53,54,57)(H4,55,56,58)/t24-,25-,27-,28-,29-,30-,31-,32-,33-,34-,35-/m0/s1. The van der Waals surface area contributed by atoms with Gasteiger partial charge < -0.3 is 107 Å². The molecule has 0 aliphatic rings. The van der Waals surface area contributed by atoms with Crippen LogP contribution in [0.15, 0.2) is 40.3 Å². The van der Waals surface area contributed by atoms with Crippen LogP contribution in [-0.4, -0.2) is 212 Å². The van der Waals surface area contributed by atoms with Crippen LogP contribution in [0.2, 0.25) is 0 Å². The fraction of sp³-hybridized carbons (Fsp3) is 0.569. The zero-order chi connectivity index (χ0) is 67.0. The van der Waals surface area contributed by atoms with Crippen molar-refractivity contribution < 1.29 is 92.7 Å². The van der Waals surface area contributed by atoms with Crippen LogP contribution in [0, 0.1) is 5.92 Å². The van der Waals surface area contributed by atoms with Crippen molar-refractivity contribution in [3.05, 3.63) is 35.9 Å². The average Bonchev–Trinajstić information content (AvgIpc) is 3.23. The van der Waals surface area contributed by atoms with E-state index < -0.39 is 181 Å². The quantitative estimate of drug-likeness (QED) is 0.0125. The van der Waals surface area contributed by atoms with Gasteiger partial charge >= 0.3 is 23.9 Å². The number of carboxylic acids is 4. The van der Waals surface area contributed by atoms with Gasteiger partial charge in [0.1, 0.15) is 60.4 Å². The molecule has 1 aromatic rings. The minimum absolute atomic E-state index is 0.0251. The molecule has 10 amide bonds. The normalized spacial score (nSPS) is 14.6. The number of hydrogen-bond donors (Lipinski definition) is 21. The van der Waals surface area contributed by atoms with E-state index >= 15 is 0 Å². The van der Waals surface area contributed by atoms with Gasteiger partial charge in [-0.3, -0.25) is 72.3 Å². The van der Waals surface area contributed by atoms with Crippen LogP contribution in [0.5, 0.6) is 0 Å². The molecular weight excluding hydrogens is 1190 g/mol. The van der Waals surface area contributed by atoms with E-state index in [-0.39, 0.29) is 69.5 Å². The Labute approximate surface area is 509 Å². The Morgan fingerprint density at radius 3 is 1.27 bits per heavy atom. The number of thiol groups is 1. The molecule has 0 saturated carbocycles. The van der Waals surface area contributed by atoms with Gasteiger partial charge in [-0.1, -0.05) is 44.2 Å². The highest BCUT2D eigenvalue weighted by Gasteiger charge is 2.36. The first kappa shape index (κ1) is 76.6. The summed E-state index contributed by atoms with van der Waals surface area (Å²) in [5.74, 6) is -18.5. The summed E-state index contributed by atoms with van der Waals surface area (Å²) >= 11 is 4.15. The zero-order valence-corrected chi connectivity index (χ0v) is 49.6. The van der Waals surface area contributed by atoms with Gasteiger partial charge in [-0.15, -0.1) is 0 Å². The number of aliphatic carboxylic acids is 4. The van der Waals surface area contributed by atoms with E-state index in [1.54, 1.807) is 44.2 Å². The minimum atomic E-state index is -1.99. The van der Waals surface area contributed by atoms with Crippen LogP contribution >= 0.6 is 12.6 Å². The van der Waals surface area contributed by atoms with E-state index in [0.29, 0.717) is 5.56 Å². The third-order valence-electron chi connectivity index (χ3n) is 12.3. The molecule has 0 unspecified atom stereocenters. The van der Waals surface area contributed by atoms with Crippen molar-refractivity contribution in [3.8, 4) is 0 Å². The molecular formula is C51H81N17O19S. The van der Waals surface area contributed by atoms with Crippen LogP contribution in [0.25, 0.3) is 0 Å². The molecule has 0 fully saturated rings. The molecule has 0 radical (unpaired) electrons. The second kappa shape index (κ2) is 39.3. The van der Waals surface area contributed by atoms with Gasteiger partial charge in [-0.2, -0.15) is 12.6 Å². The Morgan fingerprint density at radius 1 is 0.455 bits per heavy atom. The van der Waals surface area contributed by atoms with Gasteiger partial charge in [0.15, 0.2) is 11.9 Å². The van der Waals surface area contributed by atoms with Crippen LogP contribution < -0.4 is 81.8 Å². The molecule has 11 atom stereocenters. The summed E-state index contributed by atoms with van der Waals surface area (Å²) in [5.41, 5.74) is 27.7. The Hall–Kier alpha value is -9.39. The Morgan fingerprint density at radius 2 is 0.818 bits per heavy atom. The number of aliphatic hydroxyl groups is 1. The van der Waals surface area contributed by atoms with Crippen molar-refractivity contribution in [3.63, 3.8) is 0 Å². The van der Waals surface area contributed by atoms with Crippen LogP contribution in [0.3, 0.4) is 0 Å².